The fourth-order valence-electron chi connectivity index (χ4n) is 2.10. The van der Waals surface area contributed by atoms with Gasteiger partial charge in [0, 0.05) is 19.4 Å². The normalized spacial score (nSPS) is 13.0. The van der Waals surface area contributed by atoms with E-state index in [1.54, 1.807) is 25.5 Å². The van der Waals surface area contributed by atoms with Crippen LogP contribution in [0.5, 0.6) is 0 Å². The zero-order chi connectivity index (χ0) is 15.2. The van der Waals surface area contributed by atoms with Gasteiger partial charge >= 0.3 is 0 Å². The van der Waals surface area contributed by atoms with Gasteiger partial charge in [-0.1, -0.05) is 35.3 Å². The number of benzene rings is 1. The van der Waals surface area contributed by atoms with Crippen LogP contribution < -0.4 is 5.32 Å². The van der Waals surface area contributed by atoms with E-state index in [-0.39, 0.29) is 6.04 Å². The van der Waals surface area contributed by atoms with E-state index in [2.05, 4.69) is 15.3 Å². The highest BCUT2D eigenvalue weighted by Gasteiger charge is 2.17. The molecular formula is C16H17Cl2N3. The first-order valence-corrected chi connectivity index (χ1v) is 7.40. The molecule has 0 fully saturated rings. The zero-order valence-electron chi connectivity index (χ0n) is 12.0. The van der Waals surface area contributed by atoms with Gasteiger partial charge in [-0.25, -0.2) is 0 Å². The Labute approximate surface area is 135 Å². The molecule has 2 aromatic rings. The van der Waals surface area contributed by atoms with E-state index in [9.17, 15) is 0 Å². The molecule has 0 aliphatic heterocycles. The Hall–Kier alpha value is -1.58. The Bertz CT molecular complexity index is 627. The second-order valence-electron chi connectivity index (χ2n) is 4.71. The summed E-state index contributed by atoms with van der Waals surface area (Å²) < 4.78 is 0. The molecule has 0 spiro atoms. The van der Waals surface area contributed by atoms with Crippen molar-refractivity contribution >= 4 is 29.0 Å². The largest absolute Gasteiger partial charge is 0.367 e. The van der Waals surface area contributed by atoms with E-state index in [4.69, 9.17) is 23.2 Å². The molecule has 0 aliphatic carbocycles. The van der Waals surface area contributed by atoms with Crippen molar-refractivity contribution in [1.29, 1.82) is 0 Å². The van der Waals surface area contributed by atoms with Gasteiger partial charge in [0.25, 0.3) is 0 Å². The molecule has 110 valence electrons. The fourth-order valence-corrected chi connectivity index (χ4v) is 2.54. The number of aliphatic imine (C=N–C) groups is 1. The van der Waals surface area contributed by atoms with Gasteiger partial charge in [0.2, 0.25) is 0 Å². The van der Waals surface area contributed by atoms with Gasteiger partial charge in [-0.05, 0) is 42.7 Å². The minimum Gasteiger partial charge on any atom is -0.367 e. The topological polar surface area (TPSA) is 37.3 Å². The van der Waals surface area contributed by atoms with Gasteiger partial charge in [0.15, 0.2) is 0 Å². The van der Waals surface area contributed by atoms with Gasteiger partial charge < -0.3 is 5.32 Å². The summed E-state index contributed by atoms with van der Waals surface area (Å²) in [6.07, 6.45) is 4.34. The van der Waals surface area contributed by atoms with Crippen LogP contribution in [0, 0.1) is 0 Å². The van der Waals surface area contributed by atoms with Crippen molar-refractivity contribution in [1.82, 2.24) is 10.3 Å². The number of amidine groups is 1. The van der Waals surface area contributed by atoms with Crippen LogP contribution in [0.15, 0.2) is 47.7 Å². The molecule has 0 amide bonds. The summed E-state index contributed by atoms with van der Waals surface area (Å²) >= 11 is 12.5. The van der Waals surface area contributed by atoms with Crippen LogP contribution in [0.3, 0.4) is 0 Å². The number of aromatic nitrogens is 1. The van der Waals surface area contributed by atoms with E-state index in [1.807, 2.05) is 31.2 Å². The van der Waals surface area contributed by atoms with Crippen molar-refractivity contribution < 1.29 is 0 Å². The standard InChI is InChI=1S/C16H17Cl2N3/c1-11(19-2)21-15(10-12-6-8-20-9-7-12)13-4-3-5-14(17)16(13)18/h3-9,15H,10H2,1-2H3,(H,19,21). The molecule has 1 N–H and O–H groups in total. The molecular weight excluding hydrogens is 305 g/mol. The minimum absolute atomic E-state index is 0.00213. The third-order valence-electron chi connectivity index (χ3n) is 3.26. The van der Waals surface area contributed by atoms with Crippen LogP contribution in [0.2, 0.25) is 10.0 Å². The number of pyridine rings is 1. The summed E-state index contributed by atoms with van der Waals surface area (Å²) in [5, 5.41) is 4.52. The van der Waals surface area contributed by atoms with Gasteiger partial charge in [0.05, 0.1) is 21.9 Å². The van der Waals surface area contributed by atoms with Crippen molar-refractivity contribution in [3.8, 4) is 0 Å². The average Bonchev–Trinajstić information content (AvgIpc) is 2.50. The fraction of sp³-hybridized carbons (Fsp3) is 0.250. The highest BCUT2D eigenvalue weighted by Crippen LogP contribution is 2.31. The Morgan fingerprint density at radius 2 is 1.95 bits per heavy atom. The van der Waals surface area contributed by atoms with Gasteiger partial charge in [-0.3, -0.25) is 9.98 Å². The molecule has 1 aromatic heterocycles. The summed E-state index contributed by atoms with van der Waals surface area (Å²) in [6, 6.07) is 9.66. The first kappa shape index (κ1) is 15.8. The zero-order valence-corrected chi connectivity index (χ0v) is 13.5. The first-order chi connectivity index (χ1) is 10.1. The van der Waals surface area contributed by atoms with Gasteiger partial charge in [-0.2, -0.15) is 0 Å². The van der Waals surface area contributed by atoms with Crippen LogP contribution >= 0.6 is 23.2 Å². The van der Waals surface area contributed by atoms with E-state index in [1.165, 1.54) is 5.56 Å². The maximum absolute atomic E-state index is 6.36. The lowest BCUT2D eigenvalue weighted by Crippen LogP contribution is -2.28. The van der Waals surface area contributed by atoms with Crippen molar-refractivity contribution in [2.24, 2.45) is 4.99 Å². The maximum atomic E-state index is 6.36. The Morgan fingerprint density at radius 3 is 2.62 bits per heavy atom. The molecule has 1 heterocycles. The van der Waals surface area contributed by atoms with Crippen molar-refractivity contribution in [2.75, 3.05) is 7.05 Å². The number of rotatable bonds is 4. The van der Waals surface area contributed by atoms with Crippen LogP contribution in [-0.4, -0.2) is 17.9 Å². The molecule has 3 nitrogen and oxygen atoms in total. The smallest absolute Gasteiger partial charge is 0.0933 e. The highest BCUT2D eigenvalue weighted by atomic mass is 35.5. The quantitative estimate of drug-likeness (QED) is 0.673. The number of halogens is 2. The molecule has 1 unspecified atom stereocenters. The lowest BCUT2D eigenvalue weighted by Gasteiger charge is -2.21. The average molecular weight is 322 g/mol. The van der Waals surface area contributed by atoms with E-state index >= 15 is 0 Å². The number of hydrogen-bond acceptors (Lipinski definition) is 2. The van der Waals surface area contributed by atoms with Crippen LogP contribution in [0.25, 0.3) is 0 Å². The molecule has 0 aliphatic rings. The van der Waals surface area contributed by atoms with Crippen molar-refractivity contribution in [2.45, 2.75) is 19.4 Å². The van der Waals surface area contributed by atoms with Crippen LogP contribution in [-0.2, 0) is 6.42 Å². The van der Waals surface area contributed by atoms with Gasteiger partial charge in [0.1, 0.15) is 0 Å². The lowest BCUT2D eigenvalue weighted by molar-refractivity contribution is 0.641. The summed E-state index contributed by atoms with van der Waals surface area (Å²) in [7, 11) is 1.76. The summed E-state index contributed by atoms with van der Waals surface area (Å²) in [6.45, 7) is 1.93. The molecule has 0 radical (unpaired) electrons. The monoisotopic (exact) mass is 321 g/mol. The summed E-state index contributed by atoms with van der Waals surface area (Å²) in [5.41, 5.74) is 2.13. The third-order valence-corrected chi connectivity index (χ3v) is 4.10. The minimum atomic E-state index is 0.00213. The van der Waals surface area contributed by atoms with E-state index in [0.29, 0.717) is 10.0 Å². The molecule has 1 aromatic carbocycles. The maximum Gasteiger partial charge on any atom is 0.0933 e. The van der Waals surface area contributed by atoms with Crippen molar-refractivity contribution in [3.63, 3.8) is 0 Å². The summed E-state index contributed by atoms with van der Waals surface area (Å²) in [5.74, 6) is 0.852. The molecule has 21 heavy (non-hydrogen) atoms. The molecule has 2 rings (SSSR count). The lowest BCUT2D eigenvalue weighted by atomic mass is 9.99. The van der Waals surface area contributed by atoms with Gasteiger partial charge in [-0.15, -0.1) is 0 Å². The Morgan fingerprint density at radius 1 is 1.24 bits per heavy atom. The molecule has 0 bridgehead atoms. The predicted octanol–water partition coefficient (Wildman–Crippen LogP) is 4.31. The predicted molar refractivity (Wildman–Crippen MR) is 89.3 cm³/mol. The molecule has 1 atom stereocenters. The Kier molecular flexibility index (Phi) is 5.59. The first-order valence-electron chi connectivity index (χ1n) is 6.64. The second kappa shape index (κ2) is 7.43. The Balaban J connectivity index is 2.34. The van der Waals surface area contributed by atoms with Crippen LogP contribution in [0.1, 0.15) is 24.1 Å². The third kappa shape index (κ3) is 4.19. The van der Waals surface area contributed by atoms with E-state index < -0.39 is 0 Å². The molecule has 0 saturated carbocycles. The van der Waals surface area contributed by atoms with Crippen molar-refractivity contribution in [3.05, 3.63) is 63.9 Å². The SMILES string of the molecule is CN=C(C)NC(Cc1ccncc1)c1cccc(Cl)c1Cl. The second-order valence-corrected chi connectivity index (χ2v) is 5.49. The van der Waals surface area contributed by atoms with E-state index in [0.717, 1.165) is 17.8 Å². The molecule has 0 saturated heterocycles. The summed E-state index contributed by atoms with van der Waals surface area (Å²) in [4.78, 5) is 8.21. The molecule has 5 heteroatoms. The highest BCUT2D eigenvalue weighted by molar-refractivity contribution is 6.42. The number of nitrogens with zero attached hydrogens (tertiary/aromatic N) is 2. The van der Waals surface area contributed by atoms with Crippen LogP contribution in [0.4, 0.5) is 0 Å². The number of nitrogens with one attached hydrogen (secondary N) is 1. The number of hydrogen-bond donors (Lipinski definition) is 1.